The van der Waals surface area contributed by atoms with E-state index >= 15 is 0 Å². The maximum atomic E-state index is 2.30. The molecule has 0 aliphatic heterocycles. The van der Waals surface area contributed by atoms with E-state index in [0.29, 0.717) is 0 Å². The molecule has 0 spiro atoms. The summed E-state index contributed by atoms with van der Waals surface area (Å²) in [5.74, 6) is 1.62. The van der Waals surface area contributed by atoms with E-state index in [0.717, 1.165) is 11.8 Å². The van der Waals surface area contributed by atoms with Crippen LogP contribution in [0.15, 0.2) is 85.0 Å². The fourth-order valence-electron chi connectivity index (χ4n) is 1.97. The number of hydrogen-bond donors (Lipinski definition) is 0. The van der Waals surface area contributed by atoms with Gasteiger partial charge in [0.15, 0.2) is 0 Å². The summed E-state index contributed by atoms with van der Waals surface area (Å²) in [6.07, 6.45) is 10.5. The molecular formula is C17H18Pt. The molecule has 2 aliphatic carbocycles. The number of fused-ring (bicyclic) bond motifs is 2. The fraction of sp³-hybridized carbons (Fsp3) is 0.176. The first-order valence-corrected chi connectivity index (χ1v) is 6.15. The summed E-state index contributed by atoms with van der Waals surface area (Å²) in [4.78, 5) is 0. The second-order valence-corrected chi connectivity index (χ2v) is 4.26. The van der Waals surface area contributed by atoms with Crippen LogP contribution >= 0.6 is 0 Å². The molecule has 96 valence electrons. The average molecular weight is 417 g/mol. The Bertz CT molecular complexity index is 331. The van der Waals surface area contributed by atoms with E-state index < -0.39 is 0 Å². The first-order chi connectivity index (χ1) is 8.45. The maximum Gasteiger partial charge on any atom is 2.00 e. The topological polar surface area (TPSA) is 0 Å². The van der Waals surface area contributed by atoms with Gasteiger partial charge in [0, 0.05) is 0 Å². The molecule has 0 saturated carbocycles. The second-order valence-electron chi connectivity index (χ2n) is 4.26. The van der Waals surface area contributed by atoms with Crippen molar-refractivity contribution in [3.63, 3.8) is 0 Å². The molecule has 0 N–H and O–H groups in total. The maximum absolute atomic E-state index is 2.30. The van der Waals surface area contributed by atoms with Crippen LogP contribution in [0.3, 0.4) is 0 Å². The Morgan fingerprint density at radius 2 is 0.944 bits per heavy atom. The molecule has 0 radical (unpaired) electrons. The van der Waals surface area contributed by atoms with Crippen molar-refractivity contribution in [1.82, 2.24) is 0 Å². The monoisotopic (exact) mass is 417 g/mol. The van der Waals surface area contributed by atoms with E-state index in [1.54, 1.807) is 0 Å². The molecule has 2 bridgehead atoms. The molecule has 0 aromatic heterocycles. The summed E-state index contributed by atoms with van der Waals surface area (Å²) in [5.41, 5.74) is 0. The Hall–Kier alpha value is -1.13. The van der Waals surface area contributed by atoms with E-state index in [-0.39, 0.29) is 21.1 Å². The zero-order valence-electron chi connectivity index (χ0n) is 10.3. The summed E-state index contributed by atoms with van der Waals surface area (Å²) >= 11 is 0. The molecule has 0 amide bonds. The zero-order chi connectivity index (χ0) is 11.8. The van der Waals surface area contributed by atoms with Crippen molar-refractivity contribution < 1.29 is 21.1 Å². The molecular weight excluding hydrogens is 399 g/mol. The van der Waals surface area contributed by atoms with Crippen molar-refractivity contribution in [2.45, 2.75) is 6.42 Å². The van der Waals surface area contributed by atoms with Crippen LogP contribution in [-0.2, 0) is 21.1 Å². The minimum atomic E-state index is 0. The fourth-order valence-corrected chi connectivity index (χ4v) is 1.97. The molecule has 0 atom stereocenters. The van der Waals surface area contributed by atoms with Gasteiger partial charge in [0.1, 0.15) is 0 Å². The van der Waals surface area contributed by atoms with Gasteiger partial charge in [-0.25, -0.2) is 24.3 Å². The molecule has 2 aliphatic rings. The van der Waals surface area contributed by atoms with E-state index in [9.17, 15) is 0 Å². The van der Waals surface area contributed by atoms with Gasteiger partial charge >= 0.3 is 21.1 Å². The van der Waals surface area contributed by atoms with Crippen molar-refractivity contribution in [3.8, 4) is 0 Å². The van der Waals surface area contributed by atoms with Gasteiger partial charge in [0.25, 0.3) is 0 Å². The molecule has 0 nitrogen and oxygen atoms in total. The van der Waals surface area contributed by atoms with Crippen LogP contribution in [0.25, 0.3) is 0 Å². The molecule has 1 heteroatoms. The van der Waals surface area contributed by atoms with E-state index in [2.05, 4.69) is 24.3 Å². The first kappa shape index (κ1) is 14.9. The minimum Gasteiger partial charge on any atom is -0.214 e. The molecule has 18 heavy (non-hydrogen) atoms. The van der Waals surface area contributed by atoms with Crippen molar-refractivity contribution in [1.29, 1.82) is 0 Å². The van der Waals surface area contributed by atoms with Gasteiger partial charge in [-0.1, -0.05) is 24.3 Å². The molecule has 0 heterocycles. The normalized spacial score (nSPS) is 21.3. The Morgan fingerprint density at radius 1 is 0.611 bits per heavy atom. The van der Waals surface area contributed by atoms with E-state index in [1.807, 2.05) is 60.7 Å². The van der Waals surface area contributed by atoms with E-state index in [4.69, 9.17) is 0 Å². The third kappa shape index (κ3) is 5.47. The standard InChI is InChI=1S/C7H8.2C5H5.Pt/c1-2-7-4-3-6(1)5-7;2*1-2-4-5-3-1;/h1-4,6-7H,5H2;2*1-5H;/q;2*-1;+2. The van der Waals surface area contributed by atoms with Crippen LogP contribution in [0.2, 0.25) is 0 Å². The smallest absolute Gasteiger partial charge is 0.214 e. The van der Waals surface area contributed by atoms with Gasteiger partial charge in [0.05, 0.1) is 0 Å². The summed E-state index contributed by atoms with van der Waals surface area (Å²) < 4.78 is 0. The van der Waals surface area contributed by atoms with Crippen LogP contribution in [0.5, 0.6) is 0 Å². The Morgan fingerprint density at radius 3 is 1.06 bits per heavy atom. The number of rotatable bonds is 0. The first-order valence-electron chi connectivity index (χ1n) is 6.15. The summed E-state index contributed by atoms with van der Waals surface area (Å²) in [6.45, 7) is 0. The molecule has 0 saturated heterocycles. The van der Waals surface area contributed by atoms with Gasteiger partial charge < -0.3 is 0 Å². The van der Waals surface area contributed by atoms with Crippen LogP contribution < -0.4 is 0 Å². The van der Waals surface area contributed by atoms with Crippen molar-refractivity contribution in [2.24, 2.45) is 11.8 Å². The Balaban J connectivity index is 0.000000135. The summed E-state index contributed by atoms with van der Waals surface area (Å²) in [5, 5.41) is 0. The number of allylic oxidation sites excluding steroid dienone is 4. The SMILES string of the molecule is C1=CC2C=CC1C2.[Pt+2].c1cc[cH-]c1.c1cc[cH-]c1. The van der Waals surface area contributed by atoms with Gasteiger partial charge in [0.2, 0.25) is 0 Å². The quantitative estimate of drug-likeness (QED) is 0.436. The van der Waals surface area contributed by atoms with Crippen LogP contribution in [0, 0.1) is 11.8 Å². The molecule has 0 unspecified atom stereocenters. The van der Waals surface area contributed by atoms with Gasteiger partial charge in [-0.3, -0.25) is 0 Å². The van der Waals surface area contributed by atoms with E-state index in [1.165, 1.54) is 6.42 Å². The number of hydrogen-bond acceptors (Lipinski definition) is 0. The predicted octanol–water partition coefficient (Wildman–Crippen LogP) is 4.56. The largest absolute Gasteiger partial charge is 2.00 e. The van der Waals surface area contributed by atoms with Crippen LogP contribution in [0.1, 0.15) is 6.42 Å². The molecule has 2 aromatic carbocycles. The van der Waals surface area contributed by atoms with Gasteiger partial charge in [-0.15, -0.1) is 0 Å². The predicted molar refractivity (Wildman–Crippen MR) is 73.9 cm³/mol. The Kier molecular flexibility index (Phi) is 7.37. The van der Waals surface area contributed by atoms with Crippen molar-refractivity contribution >= 4 is 0 Å². The minimum absolute atomic E-state index is 0. The molecule has 0 fully saturated rings. The summed E-state index contributed by atoms with van der Waals surface area (Å²) in [7, 11) is 0. The third-order valence-corrected chi connectivity index (χ3v) is 2.87. The Labute approximate surface area is 124 Å². The van der Waals surface area contributed by atoms with Crippen LogP contribution in [0.4, 0.5) is 0 Å². The van der Waals surface area contributed by atoms with Crippen molar-refractivity contribution in [2.75, 3.05) is 0 Å². The summed E-state index contributed by atoms with van der Waals surface area (Å²) in [6, 6.07) is 20.0. The second kappa shape index (κ2) is 8.89. The third-order valence-electron chi connectivity index (χ3n) is 2.87. The zero-order valence-corrected chi connectivity index (χ0v) is 12.5. The van der Waals surface area contributed by atoms with Crippen molar-refractivity contribution in [3.05, 3.63) is 85.0 Å². The van der Waals surface area contributed by atoms with Gasteiger partial charge in [-0.05, 0) is 18.3 Å². The molecule has 4 rings (SSSR count). The molecule has 2 aromatic rings. The van der Waals surface area contributed by atoms with Crippen LogP contribution in [-0.4, -0.2) is 0 Å². The average Bonchev–Trinajstić information content (AvgIpc) is 3.16. The van der Waals surface area contributed by atoms with Gasteiger partial charge in [-0.2, -0.15) is 36.4 Å².